The number of hydrogen-bond donors (Lipinski definition) is 1. The molecule has 0 bridgehead atoms. The summed E-state index contributed by atoms with van der Waals surface area (Å²) in [5.74, 6) is -0.149. The van der Waals surface area contributed by atoms with Crippen molar-refractivity contribution in [1.82, 2.24) is 0 Å². The average Bonchev–Trinajstić information content (AvgIpc) is 2.67. The van der Waals surface area contributed by atoms with Crippen LogP contribution in [0.15, 0.2) is 42.5 Å². The zero-order valence-electron chi connectivity index (χ0n) is 15.4. The van der Waals surface area contributed by atoms with E-state index in [1.807, 2.05) is 0 Å². The van der Waals surface area contributed by atoms with E-state index in [1.54, 1.807) is 18.2 Å². The number of ether oxygens (including phenoxy) is 3. The molecule has 29 heavy (non-hydrogen) atoms. The summed E-state index contributed by atoms with van der Waals surface area (Å²) < 4.78 is 53.7. The van der Waals surface area contributed by atoms with Crippen LogP contribution in [0.1, 0.15) is 18.1 Å². The van der Waals surface area contributed by atoms with Gasteiger partial charge in [0.1, 0.15) is 13.2 Å². The summed E-state index contributed by atoms with van der Waals surface area (Å²) in [6.45, 7) is 2.25. The van der Waals surface area contributed by atoms with Crippen LogP contribution in [0.5, 0.6) is 11.5 Å². The highest BCUT2D eigenvalue weighted by Crippen LogP contribution is 2.31. The van der Waals surface area contributed by atoms with Gasteiger partial charge in [-0.15, -0.1) is 0 Å². The molecule has 0 saturated carbocycles. The number of nitrogens with one attached hydrogen (secondary N) is 1. The number of esters is 1. The first-order valence-corrected chi connectivity index (χ1v) is 8.78. The maximum atomic E-state index is 12.6. The number of carbonyl (C=O) groups is 2. The fourth-order valence-electron chi connectivity index (χ4n) is 2.64. The third kappa shape index (κ3) is 5.40. The van der Waals surface area contributed by atoms with Gasteiger partial charge < -0.3 is 19.5 Å². The normalized spacial score (nSPS) is 14.1. The van der Waals surface area contributed by atoms with Gasteiger partial charge in [0.25, 0.3) is 5.91 Å². The van der Waals surface area contributed by atoms with Crippen molar-refractivity contribution >= 4 is 17.6 Å². The molecule has 6 nitrogen and oxygen atoms in total. The number of carbonyl (C=O) groups excluding carboxylic acids is 2. The number of amides is 1. The smallest absolute Gasteiger partial charge is 0.416 e. The first-order valence-electron chi connectivity index (χ1n) is 8.78. The van der Waals surface area contributed by atoms with E-state index < -0.39 is 29.7 Å². The van der Waals surface area contributed by atoms with Gasteiger partial charge in [0.15, 0.2) is 17.6 Å². The van der Waals surface area contributed by atoms with Crippen LogP contribution in [0.4, 0.5) is 18.9 Å². The highest BCUT2D eigenvalue weighted by molar-refractivity contribution is 5.95. The highest BCUT2D eigenvalue weighted by atomic mass is 19.4. The first-order chi connectivity index (χ1) is 13.7. The lowest BCUT2D eigenvalue weighted by molar-refractivity contribution is -0.152. The number of anilines is 1. The predicted octanol–water partition coefficient (Wildman–Crippen LogP) is 3.59. The summed E-state index contributed by atoms with van der Waals surface area (Å²) in [5, 5.41) is 2.41. The van der Waals surface area contributed by atoms with Crippen molar-refractivity contribution in [3.05, 3.63) is 53.6 Å². The molecule has 0 radical (unpaired) electrons. The van der Waals surface area contributed by atoms with Gasteiger partial charge >= 0.3 is 12.1 Å². The van der Waals surface area contributed by atoms with Crippen LogP contribution in [0, 0.1) is 0 Å². The molecular formula is C20H18F3NO5. The van der Waals surface area contributed by atoms with E-state index in [-0.39, 0.29) is 12.1 Å². The lowest BCUT2D eigenvalue weighted by Gasteiger charge is -2.19. The fourth-order valence-corrected chi connectivity index (χ4v) is 2.64. The predicted molar refractivity (Wildman–Crippen MR) is 96.8 cm³/mol. The minimum absolute atomic E-state index is 0.0749. The largest absolute Gasteiger partial charge is 0.486 e. The molecule has 0 spiro atoms. The molecule has 0 saturated heterocycles. The second-order valence-corrected chi connectivity index (χ2v) is 6.35. The molecule has 3 rings (SSSR count). The van der Waals surface area contributed by atoms with Crippen LogP contribution in [0.25, 0.3) is 0 Å². The number of halogens is 3. The minimum Gasteiger partial charge on any atom is -0.486 e. The third-order valence-corrected chi connectivity index (χ3v) is 4.11. The summed E-state index contributed by atoms with van der Waals surface area (Å²) in [5.41, 5.74) is -0.0262. The Kier molecular flexibility index (Phi) is 5.95. The van der Waals surface area contributed by atoms with Crippen LogP contribution >= 0.6 is 0 Å². The van der Waals surface area contributed by atoms with Crippen molar-refractivity contribution < 1.29 is 37.0 Å². The zero-order chi connectivity index (χ0) is 21.0. The molecule has 1 atom stereocenters. The average molecular weight is 409 g/mol. The highest BCUT2D eigenvalue weighted by Gasteiger charge is 2.30. The van der Waals surface area contributed by atoms with Crippen molar-refractivity contribution in [1.29, 1.82) is 0 Å². The van der Waals surface area contributed by atoms with Crippen molar-refractivity contribution in [3.8, 4) is 11.5 Å². The van der Waals surface area contributed by atoms with E-state index in [4.69, 9.17) is 14.2 Å². The van der Waals surface area contributed by atoms with Gasteiger partial charge in [0, 0.05) is 5.69 Å². The molecule has 9 heteroatoms. The molecule has 2 aromatic rings. The molecule has 1 aliphatic rings. The molecule has 1 amide bonds. The van der Waals surface area contributed by atoms with Crippen molar-refractivity contribution in [3.63, 3.8) is 0 Å². The lowest BCUT2D eigenvalue weighted by Crippen LogP contribution is -2.30. The Labute approximate surface area is 164 Å². The zero-order valence-corrected chi connectivity index (χ0v) is 15.4. The summed E-state index contributed by atoms with van der Waals surface area (Å²) in [7, 11) is 0. The monoisotopic (exact) mass is 409 g/mol. The number of fused-ring (bicyclic) bond motifs is 1. The van der Waals surface area contributed by atoms with Crippen LogP contribution in [-0.2, 0) is 26.9 Å². The topological polar surface area (TPSA) is 73.9 Å². The minimum atomic E-state index is -4.46. The Morgan fingerprint density at radius 3 is 2.38 bits per heavy atom. The molecular weight excluding hydrogens is 391 g/mol. The van der Waals surface area contributed by atoms with Crippen LogP contribution in [-0.4, -0.2) is 31.2 Å². The van der Waals surface area contributed by atoms with Gasteiger partial charge in [-0.3, -0.25) is 9.59 Å². The van der Waals surface area contributed by atoms with E-state index in [1.165, 1.54) is 6.92 Å². The maximum Gasteiger partial charge on any atom is 0.416 e. The molecule has 1 aliphatic heterocycles. The van der Waals surface area contributed by atoms with Gasteiger partial charge in [0.2, 0.25) is 0 Å². The fraction of sp³-hybridized carbons (Fsp3) is 0.300. The lowest BCUT2D eigenvalue weighted by atomic mass is 10.1. The SMILES string of the molecule is C[C@H](OC(=O)Cc1ccc2c(c1)OCCO2)C(=O)Nc1ccc(C(F)(F)F)cc1. The van der Waals surface area contributed by atoms with Gasteiger partial charge in [-0.2, -0.15) is 13.2 Å². The van der Waals surface area contributed by atoms with E-state index in [0.717, 1.165) is 24.3 Å². The van der Waals surface area contributed by atoms with Crippen LogP contribution in [0.2, 0.25) is 0 Å². The van der Waals surface area contributed by atoms with E-state index in [9.17, 15) is 22.8 Å². The van der Waals surface area contributed by atoms with Gasteiger partial charge in [-0.25, -0.2) is 0 Å². The summed E-state index contributed by atoms with van der Waals surface area (Å²) >= 11 is 0. The van der Waals surface area contributed by atoms with Crippen LogP contribution in [0.3, 0.4) is 0 Å². The number of rotatable bonds is 5. The number of hydrogen-bond acceptors (Lipinski definition) is 5. The van der Waals surface area contributed by atoms with Crippen molar-refractivity contribution in [2.45, 2.75) is 25.6 Å². The Morgan fingerprint density at radius 1 is 1.07 bits per heavy atom. The third-order valence-electron chi connectivity index (χ3n) is 4.11. The van der Waals surface area contributed by atoms with E-state index in [0.29, 0.717) is 30.3 Å². The van der Waals surface area contributed by atoms with Crippen molar-refractivity contribution in [2.24, 2.45) is 0 Å². The molecule has 1 N–H and O–H groups in total. The molecule has 1 heterocycles. The standard InChI is InChI=1S/C20H18F3NO5/c1-12(19(26)24-15-5-3-14(4-6-15)20(21,22)23)29-18(25)11-13-2-7-16-17(10-13)28-9-8-27-16/h2-7,10,12H,8-9,11H2,1H3,(H,24,26)/t12-/m0/s1. The Morgan fingerprint density at radius 2 is 1.72 bits per heavy atom. The summed E-state index contributed by atoms with van der Waals surface area (Å²) in [6, 6.07) is 9.03. The van der Waals surface area contributed by atoms with E-state index in [2.05, 4.69) is 5.32 Å². The Bertz CT molecular complexity index is 896. The van der Waals surface area contributed by atoms with Gasteiger partial charge in [-0.05, 0) is 48.9 Å². The second-order valence-electron chi connectivity index (χ2n) is 6.35. The Balaban J connectivity index is 1.53. The van der Waals surface area contributed by atoms with Crippen LogP contribution < -0.4 is 14.8 Å². The number of benzene rings is 2. The molecule has 2 aromatic carbocycles. The molecule has 0 aromatic heterocycles. The second kappa shape index (κ2) is 8.42. The van der Waals surface area contributed by atoms with Crippen molar-refractivity contribution in [2.75, 3.05) is 18.5 Å². The Hall–Kier alpha value is -3.23. The quantitative estimate of drug-likeness (QED) is 0.764. The first kappa shape index (κ1) is 20.5. The maximum absolute atomic E-state index is 12.6. The molecule has 0 fully saturated rings. The number of alkyl halides is 3. The molecule has 0 unspecified atom stereocenters. The molecule has 0 aliphatic carbocycles. The molecule has 154 valence electrons. The van der Waals surface area contributed by atoms with E-state index >= 15 is 0 Å². The van der Waals surface area contributed by atoms with Gasteiger partial charge in [0.05, 0.1) is 12.0 Å². The van der Waals surface area contributed by atoms with Gasteiger partial charge in [-0.1, -0.05) is 6.07 Å². The summed E-state index contributed by atoms with van der Waals surface area (Å²) in [4.78, 5) is 24.2. The summed E-state index contributed by atoms with van der Waals surface area (Å²) in [6.07, 6.45) is -5.66.